The van der Waals surface area contributed by atoms with Crippen LogP contribution in [0, 0.1) is 13.8 Å². The van der Waals surface area contributed by atoms with Gasteiger partial charge in [0.05, 0.1) is 0 Å². The fourth-order valence-electron chi connectivity index (χ4n) is 6.15. The minimum atomic E-state index is -2.09. The van der Waals surface area contributed by atoms with Crippen LogP contribution in [0.4, 0.5) is 0 Å². The molecule has 204 valence electrons. The minimum absolute atomic E-state index is 0.449. The quantitative estimate of drug-likeness (QED) is 0.268. The van der Waals surface area contributed by atoms with E-state index >= 15 is 0 Å². The zero-order valence-corrected chi connectivity index (χ0v) is 31.3. The van der Waals surface area contributed by atoms with Crippen molar-refractivity contribution in [3.63, 3.8) is 0 Å². The Morgan fingerprint density at radius 3 is 1.34 bits per heavy atom. The van der Waals surface area contributed by atoms with E-state index in [0.29, 0.717) is 7.25 Å². The van der Waals surface area contributed by atoms with Gasteiger partial charge < -0.3 is 0 Å². The average Bonchev–Trinajstić information content (AvgIpc) is 3.30. The summed E-state index contributed by atoms with van der Waals surface area (Å²) in [5.74, 6) is 0. The topological polar surface area (TPSA) is 18.5 Å². The second-order valence-electron chi connectivity index (χ2n) is 13.6. The molecule has 0 aliphatic heterocycles. The van der Waals surface area contributed by atoms with Gasteiger partial charge in [0.15, 0.2) is 0 Å². The fourth-order valence-corrected chi connectivity index (χ4v) is 28.5. The predicted octanol–water partition coefficient (Wildman–Crippen LogP) is 9.49. The van der Waals surface area contributed by atoms with Crippen LogP contribution in [0.5, 0.6) is 0 Å². The molecule has 4 rings (SSSR count). The van der Waals surface area contributed by atoms with Crippen molar-refractivity contribution in [3.05, 3.63) is 79.9 Å². The Morgan fingerprint density at radius 2 is 1.03 bits per heavy atom. The van der Waals surface area contributed by atoms with E-state index in [1.165, 1.54) is 33.4 Å². The average molecular weight is 640 g/mol. The standard InChI is InChI=1S/2C15H21OSi.C2H6Si.Zr/c2*1-11-8-14-12(2)6-7-13(15(14)9-11)10-16-17(3,4)5;1-3-2;/h2*6-9H,10H2,1-5H3;1-2H3;. The molecule has 0 heterocycles. The first-order valence-electron chi connectivity index (χ1n) is 14.2. The van der Waals surface area contributed by atoms with Gasteiger partial charge in [0.2, 0.25) is 0 Å². The molecule has 0 radical (unpaired) electrons. The number of aryl methyl sites for hydroxylation is 2. The van der Waals surface area contributed by atoms with Crippen LogP contribution in [0.25, 0.3) is 12.2 Å². The van der Waals surface area contributed by atoms with E-state index in [-0.39, 0.29) is 0 Å². The first-order chi connectivity index (χ1) is 17.6. The van der Waals surface area contributed by atoms with Gasteiger partial charge in [-0.3, -0.25) is 0 Å². The number of hydrogen-bond acceptors (Lipinski definition) is 2. The Morgan fingerprint density at radius 1 is 0.658 bits per heavy atom. The second kappa shape index (κ2) is 11.3. The molecule has 0 saturated heterocycles. The summed E-state index contributed by atoms with van der Waals surface area (Å²) in [7, 11) is -3.16. The van der Waals surface area contributed by atoms with Crippen molar-refractivity contribution in [2.24, 2.45) is 0 Å². The van der Waals surface area contributed by atoms with Crippen LogP contribution in [0.1, 0.15) is 65.6 Å². The van der Waals surface area contributed by atoms with Crippen LogP contribution in [-0.4, -0.2) is 22.1 Å². The number of allylic oxidation sites excluding steroid dienone is 2. The summed E-state index contributed by atoms with van der Waals surface area (Å²) in [5, 5.41) is 0. The van der Waals surface area contributed by atoms with Crippen molar-refractivity contribution in [3.8, 4) is 0 Å². The molecule has 2 atom stereocenters. The Hall–Kier alpha value is -0.626. The summed E-state index contributed by atoms with van der Waals surface area (Å²) in [6.07, 6.45) is 5.09. The van der Waals surface area contributed by atoms with Crippen LogP contribution in [-0.2, 0) is 42.4 Å². The first kappa shape index (κ1) is 30.3. The van der Waals surface area contributed by atoms with Crippen LogP contribution in [0.2, 0.25) is 52.4 Å². The van der Waals surface area contributed by atoms with E-state index in [2.05, 4.69) is 116 Å². The molecule has 0 N–H and O–H groups in total. The van der Waals surface area contributed by atoms with Gasteiger partial charge in [-0.15, -0.1) is 0 Å². The third-order valence-corrected chi connectivity index (χ3v) is 29.8. The molecule has 0 saturated carbocycles. The Balaban J connectivity index is 1.82. The van der Waals surface area contributed by atoms with Crippen molar-refractivity contribution < 1.29 is 29.2 Å². The number of hydrogen-bond donors (Lipinski definition) is 0. The molecule has 2 aliphatic carbocycles. The molecule has 2 nitrogen and oxygen atoms in total. The zero-order chi connectivity index (χ0) is 28.2. The van der Waals surface area contributed by atoms with Crippen molar-refractivity contribution >= 4 is 34.2 Å². The van der Waals surface area contributed by atoms with E-state index in [1.807, 2.05) is 0 Å². The van der Waals surface area contributed by atoms with E-state index in [1.54, 1.807) is 22.3 Å². The molecule has 0 fully saturated rings. The summed E-state index contributed by atoms with van der Waals surface area (Å²) < 4.78 is 14.1. The molecule has 0 bridgehead atoms. The third kappa shape index (κ3) is 6.31. The summed E-state index contributed by atoms with van der Waals surface area (Å²) in [6, 6.07) is 9.42. The molecule has 38 heavy (non-hydrogen) atoms. The molecule has 0 aromatic heterocycles. The Labute approximate surface area is 242 Å². The monoisotopic (exact) mass is 638 g/mol. The van der Waals surface area contributed by atoms with E-state index in [0.717, 1.165) is 13.2 Å². The number of fused-ring (bicyclic) bond motifs is 2. The molecular weight excluding hydrogens is 592 g/mol. The number of benzene rings is 2. The SMILES string of the molecule is CC1=Cc2c(CO[Si](C)(C)C)ccc(C)c2[CH]1[Zr]([CH]1C(C)=Cc2c(CO[Si](C)(C)C)ccc(C)c21)=[Si](C)C. The van der Waals surface area contributed by atoms with Crippen molar-refractivity contribution in [1.29, 1.82) is 0 Å². The van der Waals surface area contributed by atoms with Crippen molar-refractivity contribution in [1.82, 2.24) is 0 Å². The summed E-state index contributed by atoms with van der Waals surface area (Å²) >= 11 is -2.09. The van der Waals surface area contributed by atoms with E-state index < -0.39 is 42.4 Å². The fraction of sp³-hybridized carbons (Fsp3) is 0.500. The van der Waals surface area contributed by atoms with Gasteiger partial charge in [-0.05, 0) is 0 Å². The van der Waals surface area contributed by atoms with Crippen LogP contribution < -0.4 is 0 Å². The van der Waals surface area contributed by atoms with E-state index in [9.17, 15) is 0 Å². The van der Waals surface area contributed by atoms with Crippen molar-refractivity contribution in [2.75, 3.05) is 0 Å². The molecule has 2 unspecified atom stereocenters. The van der Waals surface area contributed by atoms with Gasteiger partial charge in [0.25, 0.3) is 0 Å². The molecule has 0 amide bonds. The van der Waals surface area contributed by atoms with Crippen LogP contribution >= 0.6 is 0 Å². The summed E-state index contributed by atoms with van der Waals surface area (Å²) in [4.78, 5) is 0. The predicted molar refractivity (Wildman–Crippen MR) is 169 cm³/mol. The van der Waals surface area contributed by atoms with Crippen LogP contribution in [0.3, 0.4) is 0 Å². The zero-order valence-electron chi connectivity index (χ0n) is 25.8. The summed E-state index contributed by atoms with van der Waals surface area (Å²) in [6.45, 7) is 30.0. The van der Waals surface area contributed by atoms with Gasteiger partial charge in [-0.25, -0.2) is 0 Å². The number of rotatable bonds is 8. The third-order valence-electron chi connectivity index (χ3n) is 7.94. The summed E-state index contributed by atoms with van der Waals surface area (Å²) in [5.41, 5.74) is 14.8. The molecule has 6 heteroatoms. The van der Waals surface area contributed by atoms with Crippen molar-refractivity contribution in [2.45, 2.75) is 101 Å². The molecule has 0 spiro atoms. The molecule has 2 aliphatic rings. The Kier molecular flexibility index (Phi) is 9.05. The van der Waals surface area contributed by atoms with Gasteiger partial charge in [-0.1, -0.05) is 0 Å². The van der Waals surface area contributed by atoms with E-state index in [4.69, 9.17) is 8.85 Å². The van der Waals surface area contributed by atoms with Crippen LogP contribution in [0.15, 0.2) is 35.4 Å². The molecular formula is C32H48O2Si3Zr. The van der Waals surface area contributed by atoms with Gasteiger partial charge in [-0.2, -0.15) is 0 Å². The normalized spacial score (nSPS) is 18.7. The molecule has 2 aromatic carbocycles. The van der Waals surface area contributed by atoms with Gasteiger partial charge in [0, 0.05) is 0 Å². The maximum atomic E-state index is 6.41. The molecule has 2 aromatic rings. The first-order valence-corrected chi connectivity index (χ1v) is 30.0. The second-order valence-corrected chi connectivity index (χ2v) is 40.5. The maximum absolute atomic E-state index is 6.41. The van der Waals surface area contributed by atoms with Gasteiger partial charge >= 0.3 is 244 Å². The Bertz CT molecular complexity index is 1250. The van der Waals surface area contributed by atoms with Gasteiger partial charge in [0.1, 0.15) is 0 Å².